The molecule has 31 heavy (non-hydrogen) atoms. The molecule has 0 saturated carbocycles. The molecule has 3 heterocycles. The minimum atomic E-state index is -0.121. The molecule has 1 N–H and O–H groups in total. The highest BCUT2D eigenvalue weighted by molar-refractivity contribution is 5.94. The summed E-state index contributed by atoms with van der Waals surface area (Å²) in [6.07, 6.45) is 9.30. The van der Waals surface area contributed by atoms with Gasteiger partial charge in [0.1, 0.15) is 11.9 Å². The van der Waals surface area contributed by atoms with E-state index < -0.39 is 0 Å². The third-order valence-corrected chi connectivity index (χ3v) is 5.25. The Morgan fingerprint density at radius 1 is 1.13 bits per heavy atom. The van der Waals surface area contributed by atoms with Crippen LogP contribution in [0.5, 0.6) is 5.75 Å². The fraction of sp³-hybridized carbons (Fsp3) is 0.167. The molecule has 1 amide bonds. The van der Waals surface area contributed by atoms with E-state index in [9.17, 15) is 4.79 Å². The number of carbonyl (C=O) groups is 1. The average Bonchev–Trinajstić information content (AvgIpc) is 3.47. The molecule has 0 saturated heterocycles. The number of benzene rings is 2. The predicted molar refractivity (Wildman–Crippen MR) is 116 cm³/mol. The van der Waals surface area contributed by atoms with Gasteiger partial charge in [-0.3, -0.25) is 19.4 Å². The molecule has 0 bridgehead atoms. The summed E-state index contributed by atoms with van der Waals surface area (Å²) in [6.45, 7) is 1.05. The zero-order valence-electron chi connectivity index (χ0n) is 16.8. The highest BCUT2D eigenvalue weighted by atomic mass is 16.5. The second-order valence-corrected chi connectivity index (χ2v) is 7.44. The summed E-state index contributed by atoms with van der Waals surface area (Å²) >= 11 is 0. The maximum absolute atomic E-state index is 12.7. The number of fused-ring (bicyclic) bond motifs is 1. The van der Waals surface area contributed by atoms with Crippen LogP contribution >= 0.6 is 0 Å². The summed E-state index contributed by atoms with van der Waals surface area (Å²) in [6, 6.07) is 15.5. The van der Waals surface area contributed by atoms with Crippen molar-refractivity contribution in [2.45, 2.75) is 19.1 Å². The molecule has 7 nitrogen and oxygen atoms in total. The zero-order valence-corrected chi connectivity index (χ0v) is 16.8. The number of rotatable bonds is 6. The Labute approximate surface area is 179 Å². The molecule has 0 unspecified atom stereocenters. The number of ether oxygens (including phenoxy) is 1. The van der Waals surface area contributed by atoms with Crippen LogP contribution in [0.2, 0.25) is 0 Å². The molecule has 1 aliphatic heterocycles. The van der Waals surface area contributed by atoms with Gasteiger partial charge < -0.3 is 10.1 Å². The number of nitrogens with zero attached hydrogens (tertiary/aromatic N) is 4. The molecule has 2 aromatic heterocycles. The van der Waals surface area contributed by atoms with Crippen LogP contribution in [0.15, 0.2) is 79.5 Å². The summed E-state index contributed by atoms with van der Waals surface area (Å²) < 4.78 is 8.01. The van der Waals surface area contributed by atoms with Crippen molar-refractivity contribution in [3.05, 3.63) is 96.2 Å². The van der Waals surface area contributed by atoms with Crippen molar-refractivity contribution in [3.63, 3.8) is 0 Å². The zero-order chi connectivity index (χ0) is 21.0. The Balaban J connectivity index is 1.23. The lowest BCUT2D eigenvalue weighted by atomic mass is 10.0. The summed E-state index contributed by atoms with van der Waals surface area (Å²) in [5, 5.41) is 7.22. The second kappa shape index (κ2) is 8.39. The first kappa shape index (κ1) is 19.0. The van der Waals surface area contributed by atoms with Crippen molar-refractivity contribution in [3.8, 4) is 17.0 Å². The van der Waals surface area contributed by atoms with Crippen LogP contribution in [0.25, 0.3) is 11.3 Å². The van der Waals surface area contributed by atoms with Gasteiger partial charge in [0.15, 0.2) is 0 Å². The number of para-hydroxylation sites is 1. The Bertz CT molecular complexity index is 1190. The second-order valence-electron chi connectivity index (χ2n) is 7.44. The van der Waals surface area contributed by atoms with E-state index in [2.05, 4.69) is 26.4 Å². The monoisotopic (exact) mass is 411 g/mol. The van der Waals surface area contributed by atoms with Gasteiger partial charge in [-0.2, -0.15) is 5.10 Å². The molecule has 1 atom stereocenters. The lowest BCUT2D eigenvalue weighted by Crippen LogP contribution is -2.34. The minimum absolute atomic E-state index is 0.115. The van der Waals surface area contributed by atoms with Gasteiger partial charge in [0.2, 0.25) is 0 Å². The van der Waals surface area contributed by atoms with Crippen LogP contribution in [-0.4, -0.2) is 38.3 Å². The maximum Gasteiger partial charge on any atom is 0.251 e. The lowest BCUT2D eigenvalue weighted by Gasteiger charge is -2.13. The fourth-order valence-electron chi connectivity index (χ4n) is 3.79. The van der Waals surface area contributed by atoms with Crippen LogP contribution in [0.3, 0.4) is 0 Å². The van der Waals surface area contributed by atoms with E-state index in [1.165, 1.54) is 0 Å². The number of carbonyl (C=O) groups excluding carboxylic acids is 1. The SMILES string of the molecule is O=C(NC[C@@H]1Cc2cccc(-c3cnccn3)c2O1)c1cccc(Cn2cccn2)c1. The van der Waals surface area contributed by atoms with E-state index in [0.29, 0.717) is 18.7 Å². The van der Waals surface area contributed by atoms with Crippen molar-refractivity contribution >= 4 is 5.91 Å². The first-order chi connectivity index (χ1) is 15.3. The number of hydrogen-bond acceptors (Lipinski definition) is 5. The van der Waals surface area contributed by atoms with Crippen LogP contribution < -0.4 is 10.1 Å². The first-order valence-corrected chi connectivity index (χ1v) is 10.2. The van der Waals surface area contributed by atoms with Crippen molar-refractivity contribution in [1.82, 2.24) is 25.1 Å². The van der Waals surface area contributed by atoms with Crippen LogP contribution in [0.4, 0.5) is 0 Å². The largest absolute Gasteiger partial charge is 0.487 e. The number of amides is 1. The topological polar surface area (TPSA) is 81.9 Å². The lowest BCUT2D eigenvalue weighted by molar-refractivity contribution is 0.0933. The van der Waals surface area contributed by atoms with E-state index in [-0.39, 0.29) is 12.0 Å². The van der Waals surface area contributed by atoms with Crippen LogP contribution in [-0.2, 0) is 13.0 Å². The van der Waals surface area contributed by atoms with Crippen molar-refractivity contribution in [2.24, 2.45) is 0 Å². The molecule has 1 aliphatic rings. The van der Waals surface area contributed by atoms with Gasteiger partial charge in [-0.15, -0.1) is 0 Å². The van der Waals surface area contributed by atoms with Crippen LogP contribution in [0, 0.1) is 0 Å². The van der Waals surface area contributed by atoms with Gasteiger partial charge in [-0.05, 0) is 35.4 Å². The standard InChI is InChI=1S/C24H21N5O2/c30-24(19-6-1-4-17(12-19)16-29-11-3-8-28-29)27-14-20-13-18-5-2-7-21(23(18)31-20)22-15-25-9-10-26-22/h1-12,15,20H,13-14,16H2,(H,27,30)/t20-/m0/s1. The van der Waals surface area contributed by atoms with Crippen molar-refractivity contribution in [2.75, 3.05) is 6.54 Å². The Kier molecular flexibility index (Phi) is 5.14. The third kappa shape index (κ3) is 4.16. The summed E-state index contributed by atoms with van der Waals surface area (Å²) in [5.41, 5.74) is 4.46. The molecule has 0 spiro atoms. The molecular formula is C24H21N5O2. The maximum atomic E-state index is 12.7. The molecule has 4 aromatic rings. The van der Waals surface area contributed by atoms with Gasteiger partial charge in [-0.1, -0.05) is 24.3 Å². The Morgan fingerprint density at radius 2 is 2.06 bits per heavy atom. The molecule has 0 radical (unpaired) electrons. The average molecular weight is 411 g/mol. The summed E-state index contributed by atoms with van der Waals surface area (Å²) in [4.78, 5) is 21.2. The van der Waals surface area contributed by atoms with E-state index in [1.54, 1.807) is 24.8 Å². The first-order valence-electron chi connectivity index (χ1n) is 10.2. The highest BCUT2D eigenvalue weighted by Crippen LogP contribution is 2.37. The van der Waals surface area contributed by atoms with Crippen LogP contribution in [0.1, 0.15) is 21.5 Å². The molecule has 154 valence electrons. The molecule has 7 heteroatoms. The Hall–Kier alpha value is -4.00. The smallest absolute Gasteiger partial charge is 0.251 e. The molecular weight excluding hydrogens is 390 g/mol. The van der Waals surface area contributed by atoms with Gasteiger partial charge in [-0.25, -0.2) is 0 Å². The predicted octanol–water partition coefficient (Wildman–Crippen LogP) is 3.12. The molecule has 0 aliphatic carbocycles. The Morgan fingerprint density at radius 3 is 2.90 bits per heavy atom. The minimum Gasteiger partial charge on any atom is -0.487 e. The van der Waals surface area contributed by atoms with E-state index in [4.69, 9.17) is 4.74 Å². The van der Waals surface area contributed by atoms with E-state index in [0.717, 1.165) is 34.6 Å². The summed E-state index contributed by atoms with van der Waals surface area (Å²) in [7, 11) is 0. The number of aromatic nitrogens is 4. The third-order valence-electron chi connectivity index (χ3n) is 5.25. The van der Waals surface area contributed by atoms with Crippen molar-refractivity contribution in [1.29, 1.82) is 0 Å². The van der Waals surface area contributed by atoms with Gasteiger partial charge in [0.05, 0.1) is 25.0 Å². The highest BCUT2D eigenvalue weighted by Gasteiger charge is 2.26. The number of nitrogens with one attached hydrogen (secondary N) is 1. The molecule has 2 aromatic carbocycles. The summed E-state index contributed by atoms with van der Waals surface area (Å²) in [5.74, 6) is 0.708. The van der Waals surface area contributed by atoms with Crippen molar-refractivity contribution < 1.29 is 9.53 Å². The van der Waals surface area contributed by atoms with Gasteiger partial charge in [0, 0.05) is 42.3 Å². The number of hydrogen-bond donors (Lipinski definition) is 1. The molecule has 5 rings (SSSR count). The normalized spacial score (nSPS) is 14.6. The van der Waals surface area contributed by atoms with Gasteiger partial charge in [0.25, 0.3) is 5.91 Å². The van der Waals surface area contributed by atoms with E-state index in [1.807, 2.05) is 53.3 Å². The van der Waals surface area contributed by atoms with Gasteiger partial charge >= 0.3 is 0 Å². The van der Waals surface area contributed by atoms with E-state index >= 15 is 0 Å². The fourth-order valence-corrected chi connectivity index (χ4v) is 3.79. The quantitative estimate of drug-likeness (QED) is 0.527. The molecule has 0 fully saturated rings.